The fourth-order valence-corrected chi connectivity index (χ4v) is 4.00. The van der Waals surface area contributed by atoms with E-state index < -0.39 is 16.6 Å². The van der Waals surface area contributed by atoms with E-state index in [-0.39, 0.29) is 5.03 Å². The van der Waals surface area contributed by atoms with Crippen molar-refractivity contribution in [1.29, 1.82) is 0 Å². The fraction of sp³-hybridized carbons (Fsp3) is 0.0435. The Labute approximate surface area is 172 Å². The molecule has 0 fully saturated rings. The van der Waals surface area contributed by atoms with Gasteiger partial charge in [0.15, 0.2) is 0 Å². The van der Waals surface area contributed by atoms with Crippen LogP contribution in [0.25, 0.3) is 5.70 Å². The minimum absolute atomic E-state index is 0.0755. The molecule has 0 aliphatic carbocycles. The number of para-hydroxylation sites is 1. The molecule has 3 aromatic carbocycles. The Hall–Kier alpha value is -2.88. The van der Waals surface area contributed by atoms with Gasteiger partial charge in [-0.1, -0.05) is 102 Å². The van der Waals surface area contributed by atoms with Crippen LogP contribution >= 0.6 is 23.2 Å². The molecule has 0 bridgehead atoms. The highest BCUT2D eigenvalue weighted by molar-refractivity contribution is 6.61. The molecule has 0 radical (unpaired) electrons. The second-order valence-electron chi connectivity index (χ2n) is 6.36. The Bertz CT molecular complexity index is 1070. The third-order valence-corrected chi connectivity index (χ3v) is 5.58. The van der Waals surface area contributed by atoms with E-state index in [9.17, 15) is 9.59 Å². The highest BCUT2D eigenvalue weighted by Crippen LogP contribution is 2.46. The summed E-state index contributed by atoms with van der Waals surface area (Å²) in [6.45, 7) is 0. The van der Waals surface area contributed by atoms with E-state index in [2.05, 4.69) is 0 Å². The van der Waals surface area contributed by atoms with Crippen molar-refractivity contribution in [3.05, 3.63) is 107 Å². The first kappa shape index (κ1) is 18.5. The minimum atomic E-state index is -1.92. The van der Waals surface area contributed by atoms with E-state index in [0.717, 1.165) is 0 Å². The Morgan fingerprint density at radius 1 is 0.714 bits per heavy atom. The molecular weight excluding hydrogens is 393 g/mol. The van der Waals surface area contributed by atoms with Gasteiger partial charge in [0.05, 0.1) is 5.70 Å². The SMILES string of the molecule is O=C1C(Cl)=C(c2ccccc2)N(c2ccccc2)C(=O)C1(Cl)c1ccccc1. The van der Waals surface area contributed by atoms with Crippen LogP contribution in [0.2, 0.25) is 0 Å². The summed E-state index contributed by atoms with van der Waals surface area (Å²) >= 11 is 13.3. The summed E-state index contributed by atoms with van der Waals surface area (Å²) in [7, 11) is 0. The van der Waals surface area contributed by atoms with Gasteiger partial charge in [-0.3, -0.25) is 14.5 Å². The van der Waals surface area contributed by atoms with Crippen LogP contribution in [0.5, 0.6) is 0 Å². The average Bonchev–Trinajstić information content (AvgIpc) is 2.76. The minimum Gasteiger partial charge on any atom is -0.290 e. The quantitative estimate of drug-likeness (QED) is 0.433. The molecule has 1 aliphatic rings. The largest absolute Gasteiger partial charge is 0.290 e. The first-order valence-corrected chi connectivity index (χ1v) is 9.45. The maximum absolute atomic E-state index is 13.7. The molecule has 5 heteroatoms. The molecule has 0 saturated carbocycles. The summed E-state index contributed by atoms with van der Waals surface area (Å²) in [5.74, 6) is -1.18. The summed E-state index contributed by atoms with van der Waals surface area (Å²) < 4.78 is 0. The Kier molecular flexibility index (Phi) is 4.80. The molecule has 0 aromatic heterocycles. The van der Waals surface area contributed by atoms with E-state index >= 15 is 0 Å². The molecule has 138 valence electrons. The maximum Gasteiger partial charge on any atom is 0.265 e. The lowest BCUT2D eigenvalue weighted by atomic mass is 9.87. The molecule has 1 atom stereocenters. The number of carbonyl (C=O) groups excluding carboxylic acids is 2. The van der Waals surface area contributed by atoms with Gasteiger partial charge in [-0.25, -0.2) is 0 Å². The van der Waals surface area contributed by atoms with Crippen molar-refractivity contribution in [2.24, 2.45) is 0 Å². The maximum atomic E-state index is 13.7. The van der Waals surface area contributed by atoms with E-state index in [4.69, 9.17) is 23.2 Å². The molecule has 1 heterocycles. The van der Waals surface area contributed by atoms with Crippen molar-refractivity contribution in [2.45, 2.75) is 4.87 Å². The number of nitrogens with zero attached hydrogens (tertiary/aromatic N) is 1. The Morgan fingerprint density at radius 3 is 1.79 bits per heavy atom. The Morgan fingerprint density at radius 2 is 1.21 bits per heavy atom. The number of rotatable bonds is 3. The monoisotopic (exact) mass is 407 g/mol. The van der Waals surface area contributed by atoms with Gasteiger partial charge < -0.3 is 0 Å². The van der Waals surface area contributed by atoms with Gasteiger partial charge in [0.2, 0.25) is 10.7 Å². The summed E-state index contributed by atoms with van der Waals surface area (Å²) in [4.78, 5) is 26.4. The van der Waals surface area contributed by atoms with Crippen molar-refractivity contribution >= 4 is 46.3 Å². The zero-order valence-corrected chi connectivity index (χ0v) is 16.2. The van der Waals surface area contributed by atoms with Crippen LogP contribution in [0, 0.1) is 0 Å². The number of amides is 1. The summed E-state index contributed by atoms with van der Waals surface area (Å²) in [6, 6.07) is 26.7. The summed E-state index contributed by atoms with van der Waals surface area (Å²) in [5.41, 5.74) is 1.95. The third kappa shape index (κ3) is 2.84. The number of hydrogen-bond acceptors (Lipinski definition) is 2. The van der Waals surface area contributed by atoms with E-state index in [1.165, 1.54) is 4.90 Å². The van der Waals surface area contributed by atoms with Gasteiger partial charge in [-0.2, -0.15) is 0 Å². The Balaban J connectivity index is 2.00. The van der Waals surface area contributed by atoms with Crippen molar-refractivity contribution in [1.82, 2.24) is 0 Å². The molecule has 0 saturated heterocycles. The van der Waals surface area contributed by atoms with Crippen LogP contribution in [0.15, 0.2) is 96.0 Å². The topological polar surface area (TPSA) is 37.4 Å². The molecule has 0 spiro atoms. The number of hydrogen-bond donors (Lipinski definition) is 0. The van der Waals surface area contributed by atoms with E-state index in [1.54, 1.807) is 54.6 Å². The van der Waals surface area contributed by atoms with Gasteiger partial charge >= 0.3 is 0 Å². The molecule has 3 nitrogen and oxygen atoms in total. The van der Waals surface area contributed by atoms with Gasteiger partial charge in [-0.15, -0.1) is 0 Å². The van der Waals surface area contributed by atoms with Crippen molar-refractivity contribution in [3.8, 4) is 0 Å². The molecular formula is C23H15Cl2NO2. The first-order chi connectivity index (χ1) is 13.5. The lowest BCUT2D eigenvalue weighted by molar-refractivity contribution is -0.129. The van der Waals surface area contributed by atoms with Gasteiger partial charge in [0.1, 0.15) is 5.03 Å². The molecule has 1 unspecified atom stereocenters. The number of anilines is 1. The molecule has 1 aliphatic heterocycles. The molecule has 0 N–H and O–H groups in total. The number of alkyl halides is 1. The predicted molar refractivity (Wildman–Crippen MR) is 112 cm³/mol. The lowest BCUT2D eigenvalue weighted by Crippen LogP contribution is -2.52. The number of halogens is 2. The number of Topliss-reactive ketones (excluding diaryl/α,β-unsaturated/α-hetero) is 1. The molecule has 1 amide bonds. The van der Waals surface area contributed by atoms with Crippen LogP contribution in [0.1, 0.15) is 11.1 Å². The van der Waals surface area contributed by atoms with Gasteiger partial charge in [-0.05, 0) is 17.7 Å². The van der Waals surface area contributed by atoms with Gasteiger partial charge in [0, 0.05) is 11.3 Å². The van der Waals surface area contributed by atoms with Crippen LogP contribution in [-0.4, -0.2) is 11.7 Å². The zero-order valence-electron chi connectivity index (χ0n) is 14.7. The highest BCUT2D eigenvalue weighted by Gasteiger charge is 2.54. The number of carbonyl (C=O) groups is 2. The molecule has 28 heavy (non-hydrogen) atoms. The smallest absolute Gasteiger partial charge is 0.265 e. The molecule has 4 rings (SSSR count). The van der Waals surface area contributed by atoms with Crippen molar-refractivity contribution in [3.63, 3.8) is 0 Å². The predicted octanol–water partition coefficient (Wildman–Crippen LogP) is 5.34. The standard InChI is InChI=1S/C23H15Cl2NO2/c24-19-20(16-10-4-1-5-11-16)26(18-14-8-3-9-15-18)22(28)23(25,21(19)27)17-12-6-2-7-13-17/h1-15H. The number of ketones is 1. The van der Waals surface area contributed by atoms with Crippen LogP contribution < -0.4 is 4.90 Å². The highest BCUT2D eigenvalue weighted by atomic mass is 35.5. The summed E-state index contributed by atoms with van der Waals surface area (Å²) in [5, 5.41) is -0.0755. The zero-order chi connectivity index (χ0) is 19.7. The van der Waals surface area contributed by atoms with E-state index in [1.807, 2.05) is 36.4 Å². The summed E-state index contributed by atoms with van der Waals surface area (Å²) in [6.07, 6.45) is 0. The van der Waals surface area contributed by atoms with Crippen molar-refractivity contribution in [2.75, 3.05) is 4.90 Å². The second-order valence-corrected chi connectivity index (χ2v) is 7.30. The molecule has 3 aromatic rings. The fourth-order valence-electron chi connectivity index (χ4n) is 3.31. The van der Waals surface area contributed by atoms with Crippen LogP contribution in [-0.2, 0) is 14.5 Å². The number of allylic oxidation sites excluding steroid dienone is 1. The van der Waals surface area contributed by atoms with Crippen LogP contribution in [0.3, 0.4) is 0 Å². The third-order valence-electron chi connectivity index (χ3n) is 4.67. The van der Waals surface area contributed by atoms with E-state index in [0.29, 0.717) is 22.5 Å². The second kappa shape index (κ2) is 7.27. The van der Waals surface area contributed by atoms with Crippen LogP contribution in [0.4, 0.5) is 5.69 Å². The van der Waals surface area contributed by atoms with Gasteiger partial charge in [0.25, 0.3) is 5.91 Å². The number of benzene rings is 3. The normalized spacial score (nSPS) is 19.9. The lowest BCUT2D eigenvalue weighted by Gasteiger charge is -2.38. The average molecular weight is 408 g/mol. The van der Waals surface area contributed by atoms with Crippen molar-refractivity contribution < 1.29 is 9.59 Å². The first-order valence-electron chi connectivity index (χ1n) is 8.69.